The summed E-state index contributed by atoms with van der Waals surface area (Å²) in [5, 5.41) is 10.9. The Morgan fingerprint density at radius 3 is 2.42 bits per heavy atom. The normalized spacial score (nSPS) is 20.8. The van der Waals surface area contributed by atoms with Crippen LogP contribution < -0.4 is 9.62 Å². The molecular formula is C19H24N2O4S. The second-order valence-electron chi connectivity index (χ2n) is 6.98. The number of carbonyl (C=O) groups is 1. The number of rotatable bonds is 5. The highest BCUT2D eigenvalue weighted by Gasteiger charge is 2.34. The summed E-state index contributed by atoms with van der Waals surface area (Å²) in [7, 11) is -0.00645. The summed E-state index contributed by atoms with van der Waals surface area (Å²) >= 11 is 0. The molecule has 2 N–H and O–H groups in total. The molecule has 140 valence electrons. The van der Waals surface area contributed by atoms with Gasteiger partial charge in [0.2, 0.25) is 10.0 Å². The number of fused-ring (bicyclic) bond motifs is 1. The van der Waals surface area contributed by atoms with E-state index in [0.29, 0.717) is 18.2 Å². The maximum Gasteiger partial charge on any atom is 0.308 e. The van der Waals surface area contributed by atoms with Crippen LogP contribution >= 0.6 is 0 Å². The van der Waals surface area contributed by atoms with Gasteiger partial charge in [0.15, 0.2) is 0 Å². The molecule has 0 aliphatic heterocycles. The van der Waals surface area contributed by atoms with Crippen LogP contribution in [0.1, 0.15) is 25.7 Å². The van der Waals surface area contributed by atoms with Gasteiger partial charge in [0.05, 0.1) is 10.8 Å². The van der Waals surface area contributed by atoms with Crippen LogP contribution in [0, 0.1) is 5.92 Å². The lowest BCUT2D eigenvalue weighted by Crippen LogP contribution is -2.45. The molecule has 3 rings (SSSR count). The summed E-state index contributed by atoms with van der Waals surface area (Å²) in [5.74, 6) is -1.61. The minimum atomic E-state index is -3.83. The highest BCUT2D eigenvalue weighted by Crippen LogP contribution is 2.31. The number of nitrogens with zero attached hydrogens (tertiary/aromatic N) is 1. The number of nitrogens with one attached hydrogen (secondary N) is 1. The Bertz CT molecular complexity index is 924. The Kier molecular flexibility index (Phi) is 5.20. The predicted molar refractivity (Wildman–Crippen MR) is 102 cm³/mol. The molecule has 7 heteroatoms. The zero-order chi connectivity index (χ0) is 18.9. The van der Waals surface area contributed by atoms with Crippen molar-refractivity contribution in [2.75, 3.05) is 19.0 Å². The van der Waals surface area contributed by atoms with Gasteiger partial charge in [0.25, 0.3) is 0 Å². The maximum atomic E-state index is 13.0. The monoisotopic (exact) mass is 376 g/mol. The Morgan fingerprint density at radius 2 is 1.73 bits per heavy atom. The van der Waals surface area contributed by atoms with Gasteiger partial charge in [-0.05, 0) is 25.0 Å². The van der Waals surface area contributed by atoms with Crippen molar-refractivity contribution in [2.45, 2.75) is 36.6 Å². The minimum absolute atomic E-state index is 0.188. The third-order valence-electron chi connectivity index (χ3n) is 5.02. The summed E-state index contributed by atoms with van der Waals surface area (Å²) in [4.78, 5) is 13.6. The standard InChI is InChI=1S/C19H24N2O4S/c1-21(2)17-11-5-9-14-13(17)8-6-12-18(14)26(24,25)20-16-10-4-3-7-15(16)19(22)23/h5-6,8-9,11-12,15-16,20H,3-4,7,10H2,1-2H3,(H,22,23). The zero-order valence-electron chi connectivity index (χ0n) is 15.0. The molecule has 2 unspecified atom stereocenters. The van der Waals surface area contributed by atoms with Gasteiger partial charge in [0.1, 0.15) is 0 Å². The maximum absolute atomic E-state index is 13.0. The smallest absolute Gasteiger partial charge is 0.308 e. The van der Waals surface area contributed by atoms with E-state index in [4.69, 9.17) is 0 Å². The first-order valence-corrected chi connectivity index (χ1v) is 10.2. The molecule has 2 atom stereocenters. The quantitative estimate of drug-likeness (QED) is 0.838. The van der Waals surface area contributed by atoms with E-state index < -0.39 is 28.0 Å². The van der Waals surface area contributed by atoms with Gasteiger partial charge >= 0.3 is 5.97 Å². The van der Waals surface area contributed by atoms with E-state index >= 15 is 0 Å². The molecule has 0 spiro atoms. The molecule has 0 aromatic heterocycles. The molecule has 1 saturated carbocycles. The Hall–Kier alpha value is -2.12. The van der Waals surface area contributed by atoms with Gasteiger partial charge in [-0.15, -0.1) is 0 Å². The van der Waals surface area contributed by atoms with Gasteiger partial charge in [-0.25, -0.2) is 13.1 Å². The number of carboxylic acids is 1. The Labute approximate surface area is 153 Å². The van der Waals surface area contributed by atoms with Crippen molar-refractivity contribution >= 4 is 32.5 Å². The van der Waals surface area contributed by atoms with Crippen LogP contribution in [0.5, 0.6) is 0 Å². The van der Waals surface area contributed by atoms with Crippen molar-refractivity contribution in [1.29, 1.82) is 0 Å². The summed E-state index contributed by atoms with van der Waals surface area (Å²) in [5.41, 5.74) is 0.931. The number of carboxylic acid groups (broad SMARTS) is 1. The topological polar surface area (TPSA) is 86.7 Å². The van der Waals surface area contributed by atoms with Gasteiger partial charge in [-0.3, -0.25) is 4.79 Å². The fraction of sp³-hybridized carbons (Fsp3) is 0.421. The summed E-state index contributed by atoms with van der Waals surface area (Å²) in [6.45, 7) is 0. The van der Waals surface area contributed by atoms with Gasteiger partial charge in [0, 0.05) is 36.6 Å². The van der Waals surface area contributed by atoms with E-state index in [-0.39, 0.29) is 4.90 Å². The summed E-state index contributed by atoms with van der Waals surface area (Å²) in [6, 6.07) is 10.2. The average Bonchev–Trinajstić information content (AvgIpc) is 2.60. The van der Waals surface area contributed by atoms with Gasteiger partial charge in [-0.1, -0.05) is 37.1 Å². The van der Waals surface area contributed by atoms with Crippen LogP contribution in [0.25, 0.3) is 10.8 Å². The van der Waals surface area contributed by atoms with E-state index in [2.05, 4.69) is 4.72 Å². The van der Waals surface area contributed by atoms with Crippen LogP contribution in [0.15, 0.2) is 41.3 Å². The molecule has 26 heavy (non-hydrogen) atoms. The third-order valence-corrected chi connectivity index (χ3v) is 6.57. The van der Waals surface area contributed by atoms with Gasteiger partial charge < -0.3 is 10.0 Å². The molecule has 1 fully saturated rings. The van der Waals surface area contributed by atoms with Crippen molar-refractivity contribution in [3.8, 4) is 0 Å². The number of hydrogen-bond acceptors (Lipinski definition) is 4. The first-order chi connectivity index (χ1) is 12.3. The molecular weight excluding hydrogens is 352 g/mol. The van der Waals surface area contributed by atoms with Crippen molar-refractivity contribution < 1.29 is 18.3 Å². The lowest BCUT2D eigenvalue weighted by atomic mass is 9.85. The second kappa shape index (κ2) is 7.25. The highest BCUT2D eigenvalue weighted by molar-refractivity contribution is 7.89. The molecule has 1 aliphatic rings. The minimum Gasteiger partial charge on any atom is -0.481 e. The highest BCUT2D eigenvalue weighted by atomic mass is 32.2. The molecule has 0 amide bonds. The number of sulfonamides is 1. The Morgan fingerprint density at radius 1 is 1.08 bits per heavy atom. The van der Waals surface area contributed by atoms with Crippen molar-refractivity contribution in [1.82, 2.24) is 4.72 Å². The molecule has 0 saturated heterocycles. The van der Waals surface area contributed by atoms with Crippen LogP contribution in [-0.4, -0.2) is 39.6 Å². The lowest BCUT2D eigenvalue weighted by Gasteiger charge is -2.29. The number of aliphatic carboxylic acids is 1. The van der Waals surface area contributed by atoms with E-state index in [1.807, 2.05) is 37.2 Å². The molecule has 0 radical (unpaired) electrons. The van der Waals surface area contributed by atoms with Crippen molar-refractivity contribution in [2.24, 2.45) is 5.92 Å². The fourth-order valence-corrected chi connectivity index (χ4v) is 5.25. The van der Waals surface area contributed by atoms with E-state index in [1.54, 1.807) is 18.2 Å². The SMILES string of the molecule is CN(C)c1cccc2c(S(=O)(=O)NC3CCCCC3C(=O)O)cccc12. The van der Waals surface area contributed by atoms with Crippen LogP contribution in [0.4, 0.5) is 5.69 Å². The van der Waals surface area contributed by atoms with Crippen molar-refractivity contribution in [3.05, 3.63) is 36.4 Å². The fourth-order valence-electron chi connectivity index (χ4n) is 3.72. The number of benzene rings is 2. The van der Waals surface area contributed by atoms with Crippen LogP contribution in [0.3, 0.4) is 0 Å². The third kappa shape index (κ3) is 3.54. The molecule has 1 aliphatic carbocycles. The van der Waals surface area contributed by atoms with E-state index in [9.17, 15) is 18.3 Å². The van der Waals surface area contributed by atoms with E-state index in [0.717, 1.165) is 23.9 Å². The lowest BCUT2D eigenvalue weighted by molar-refractivity contribution is -0.143. The van der Waals surface area contributed by atoms with Crippen molar-refractivity contribution in [3.63, 3.8) is 0 Å². The molecule has 6 nitrogen and oxygen atoms in total. The van der Waals surface area contributed by atoms with E-state index in [1.165, 1.54) is 0 Å². The number of anilines is 1. The van der Waals surface area contributed by atoms with Crippen LogP contribution in [0.2, 0.25) is 0 Å². The number of hydrogen-bond donors (Lipinski definition) is 2. The predicted octanol–water partition coefficient (Wildman–Crippen LogP) is 2.83. The Balaban J connectivity index is 2.02. The molecule has 0 bridgehead atoms. The first-order valence-electron chi connectivity index (χ1n) is 8.75. The van der Waals surface area contributed by atoms with Crippen LogP contribution in [-0.2, 0) is 14.8 Å². The first kappa shape index (κ1) is 18.7. The second-order valence-corrected chi connectivity index (χ2v) is 8.66. The summed E-state index contributed by atoms with van der Waals surface area (Å²) in [6.07, 6.45) is 2.69. The van der Waals surface area contributed by atoms with Gasteiger partial charge in [-0.2, -0.15) is 0 Å². The molecule has 2 aromatic carbocycles. The zero-order valence-corrected chi connectivity index (χ0v) is 15.8. The largest absolute Gasteiger partial charge is 0.481 e. The summed E-state index contributed by atoms with van der Waals surface area (Å²) < 4.78 is 28.8. The molecule has 0 heterocycles. The average molecular weight is 376 g/mol. The molecule has 2 aromatic rings.